The van der Waals surface area contributed by atoms with Crippen LogP contribution in [0, 0.1) is 0 Å². The highest BCUT2D eigenvalue weighted by Gasteiger charge is 2.34. The first kappa shape index (κ1) is 26.9. The second-order valence-corrected chi connectivity index (χ2v) is 9.93. The summed E-state index contributed by atoms with van der Waals surface area (Å²) in [5.41, 5.74) is 3.18. The van der Waals surface area contributed by atoms with Crippen molar-refractivity contribution in [1.82, 2.24) is 14.8 Å². The number of halogens is 3. The second-order valence-electron chi connectivity index (χ2n) is 8.68. The van der Waals surface area contributed by atoms with Crippen molar-refractivity contribution in [1.29, 1.82) is 0 Å². The molecule has 2 heterocycles. The van der Waals surface area contributed by atoms with Crippen LogP contribution in [-0.4, -0.2) is 27.3 Å². The monoisotopic (exact) mass is 583 g/mol. The van der Waals surface area contributed by atoms with E-state index < -0.39 is 6.04 Å². The summed E-state index contributed by atoms with van der Waals surface area (Å²) in [6.07, 6.45) is 1.44. The number of carbonyl (C=O) groups is 1. The van der Waals surface area contributed by atoms with Crippen molar-refractivity contribution in [2.75, 3.05) is 17.2 Å². The van der Waals surface area contributed by atoms with E-state index in [0.717, 1.165) is 5.56 Å². The number of allylic oxidation sites excluding steroid dienone is 1. The first-order valence-electron chi connectivity index (χ1n) is 12.1. The number of anilines is 2. The van der Waals surface area contributed by atoms with Gasteiger partial charge >= 0.3 is 0 Å². The fourth-order valence-electron chi connectivity index (χ4n) is 4.33. The van der Waals surface area contributed by atoms with Crippen LogP contribution in [0.5, 0.6) is 11.5 Å². The zero-order valence-electron chi connectivity index (χ0n) is 21.0. The summed E-state index contributed by atoms with van der Waals surface area (Å²) >= 11 is 18.6. The molecule has 3 aromatic carbocycles. The van der Waals surface area contributed by atoms with Crippen LogP contribution < -0.4 is 20.1 Å². The molecule has 11 heteroatoms. The van der Waals surface area contributed by atoms with Gasteiger partial charge in [0.1, 0.15) is 19.0 Å². The summed E-state index contributed by atoms with van der Waals surface area (Å²) in [6.45, 7) is 4.28. The molecule has 8 nitrogen and oxygen atoms in total. The molecule has 0 unspecified atom stereocenters. The van der Waals surface area contributed by atoms with Crippen molar-refractivity contribution >= 4 is 52.3 Å². The molecule has 200 valence electrons. The molecule has 1 aliphatic heterocycles. The van der Waals surface area contributed by atoms with Gasteiger partial charge in [-0.2, -0.15) is 10.1 Å². The van der Waals surface area contributed by atoms with Gasteiger partial charge in [0.05, 0.1) is 12.2 Å². The molecule has 0 aliphatic carbocycles. The minimum Gasteiger partial charge on any atom is -0.490 e. The Morgan fingerprint density at radius 3 is 2.49 bits per heavy atom. The molecule has 1 atom stereocenters. The highest BCUT2D eigenvalue weighted by molar-refractivity contribution is 6.36. The summed E-state index contributed by atoms with van der Waals surface area (Å²) in [4.78, 5) is 17.9. The highest BCUT2D eigenvalue weighted by atomic mass is 35.5. The van der Waals surface area contributed by atoms with Gasteiger partial charge in [-0.1, -0.05) is 46.9 Å². The van der Waals surface area contributed by atoms with E-state index in [1.54, 1.807) is 53.2 Å². The van der Waals surface area contributed by atoms with Gasteiger partial charge in [-0.3, -0.25) is 4.79 Å². The maximum absolute atomic E-state index is 13.6. The number of benzene rings is 3. The number of fused-ring (bicyclic) bond motifs is 1. The third-order valence-corrected chi connectivity index (χ3v) is 7.12. The standard InChI is InChI=1S/C28H24Cl3N5O3/c1-3-38-24-13-17(7-12-23(24)39-14-20-21(30)5-4-6-22(20)31)26-25(16(2)34-28-32-15-33-36(26)28)27(37)35-19-10-8-18(29)9-11-19/h4-13,15,26H,3,14H2,1-2H3,(H,35,37)(H,32,33,34)/t26-/m1/s1. The van der Waals surface area contributed by atoms with E-state index in [9.17, 15) is 4.79 Å². The van der Waals surface area contributed by atoms with Crippen molar-refractivity contribution in [3.8, 4) is 11.5 Å². The average Bonchev–Trinajstić information content (AvgIpc) is 3.38. The Hall–Kier alpha value is -3.72. The Balaban J connectivity index is 1.49. The number of carbonyl (C=O) groups excluding carboxylic acids is 1. The fourth-order valence-corrected chi connectivity index (χ4v) is 4.96. The number of amides is 1. The summed E-state index contributed by atoms with van der Waals surface area (Å²) in [5, 5.41) is 12.1. The Labute approximate surface area is 240 Å². The third kappa shape index (κ3) is 5.68. The number of hydrogen-bond acceptors (Lipinski definition) is 6. The predicted octanol–water partition coefficient (Wildman–Crippen LogP) is 7.14. The van der Waals surface area contributed by atoms with Gasteiger partial charge in [0.2, 0.25) is 5.95 Å². The van der Waals surface area contributed by atoms with Crippen LogP contribution >= 0.6 is 34.8 Å². The van der Waals surface area contributed by atoms with Crippen LogP contribution in [0.15, 0.2) is 78.3 Å². The minimum absolute atomic E-state index is 0.159. The lowest BCUT2D eigenvalue weighted by Gasteiger charge is -2.29. The zero-order chi connectivity index (χ0) is 27.5. The predicted molar refractivity (Wildman–Crippen MR) is 153 cm³/mol. The summed E-state index contributed by atoms with van der Waals surface area (Å²) < 4.78 is 13.7. The van der Waals surface area contributed by atoms with Gasteiger partial charge in [0.25, 0.3) is 5.91 Å². The molecule has 1 aliphatic rings. The van der Waals surface area contributed by atoms with Gasteiger partial charge in [-0.25, -0.2) is 4.68 Å². The molecule has 0 bridgehead atoms. The fraction of sp³-hybridized carbons (Fsp3) is 0.179. The van der Waals surface area contributed by atoms with Gasteiger partial charge in [0, 0.05) is 32.0 Å². The van der Waals surface area contributed by atoms with E-state index in [4.69, 9.17) is 44.3 Å². The summed E-state index contributed by atoms with van der Waals surface area (Å²) in [5.74, 6) is 1.25. The summed E-state index contributed by atoms with van der Waals surface area (Å²) in [7, 11) is 0. The van der Waals surface area contributed by atoms with E-state index in [2.05, 4.69) is 20.7 Å². The normalized spacial score (nSPS) is 14.4. The van der Waals surface area contributed by atoms with Gasteiger partial charge in [-0.15, -0.1) is 0 Å². The molecular weight excluding hydrogens is 561 g/mol. The number of nitrogens with one attached hydrogen (secondary N) is 2. The molecule has 0 saturated carbocycles. The molecule has 2 N–H and O–H groups in total. The van der Waals surface area contributed by atoms with Gasteiger partial charge in [0.15, 0.2) is 11.5 Å². The molecule has 1 aromatic heterocycles. The average molecular weight is 585 g/mol. The van der Waals surface area contributed by atoms with Crippen LogP contribution in [0.3, 0.4) is 0 Å². The van der Waals surface area contributed by atoms with E-state index in [1.807, 2.05) is 26.0 Å². The number of nitrogens with zero attached hydrogens (tertiary/aromatic N) is 3. The van der Waals surface area contributed by atoms with E-state index in [1.165, 1.54) is 6.33 Å². The maximum atomic E-state index is 13.6. The van der Waals surface area contributed by atoms with E-state index in [-0.39, 0.29) is 12.5 Å². The minimum atomic E-state index is -0.581. The largest absolute Gasteiger partial charge is 0.490 e. The Kier molecular flexibility index (Phi) is 7.97. The van der Waals surface area contributed by atoms with Crippen molar-refractivity contribution in [2.24, 2.45) is 0 Å². The molecule has 39 heavy (non-hydrogen) atoms. The third-order valence-electron chi connectivity index (χ3n) is 6.16. The lowest BCUT2D eigenvalue weighted by Crippen LogP contribution is -2.31. The maximum Gasteiger partial charge on any atom is 0.255 e. The topological polar surface area (TPSA) is 90.3 Å². The molecule has 0 fully saturated rings. The molecular formula is C28H24Cl3N5O3. The smallest absolute Gasteiger partial charge is 0.255 e. The number of aromatic nitrogens is 3. The van der Waals surface area contributed by atoms with E-state index in [0.29, 0.717) is 61.6 Å². The van der Waals surface area contributed by atoms with Crippen molar-refractivity contribution < 1.29 is 14.3 Å². The number of ether oxygens (including phenoxy) is 2. The van der Waals surface area contributed by atoms with Crippen LogP contribution in [-0.2, 0) is 11.4 Å². The molecule has 0 saturated heterocycles. The Bertz CT molecular complexity index is 1530. The van der Waals surface area contributed by atoms with Crippen LogP contribution in [0.25, 0.3) is 0 Å². The SMILES string of the molecule is CCOc1cc([C@@H]2C(C(=O)Nc3ccc(Cl)cc3)=C(C)Nc3ncnn32)ccc1OCc1c(Cl)cccc1Cl. The number of rotatable bonds is 8. The first-order chi connectivity index (χ1) is 18.9. The van der Waals surface area contributed by atoms with Crippen molar-refractivity contribution in [3.05, 3.63) is 104 Å². The number of hydrogen-bond donors (Lipinski definition) is 2. The van der Waals surface area contributed by atoms with Crippen molar-refractivity contribution in [3.63, 3.8) is 0 Å². The van der Waals surface area contributed by atoms with Crippen molar-refractivity contribution in [2.45, 2.75) is 26.5 Å². The van der Waals surface area contributed by atoms with Crippen LogP contribution in [0.1, 0.15) is 31.0 Å². The highest BCUT2D eigenvalue weighted by Crippen LogP contribution is 2.39. The quantitative estimate of drug-likeness (QED) is 0.229. The molecule has 1 amide bonds. The first-order valence-corrected chi connectivity index (χ1v) is 13.3. The van der Waals surface area contributed by atoms with Gasteiger partial charge < -0.3 is 20.1 Å². The molecule has 5 rings (SSSR count). The lowest BCUT2D eigenvalue weighted by molar-refractivity contribution is -0.113. The van der Waals surface area contributed by atoms with Crippen LogP contribution in [0.4, 0.5) is 11.6 Å². The Morgan fingerprint density at radius 2 is 1.77 bits per heavy atom. The molecule has 0 spiro atoms. The van der Waals surface area contributed by atoms with Gasteiger partial charge in [-0.05, 0) is 67.9 Å². The van der Waals surface area contributed by atoms with Crippen LogP contribution in [0.2, 0.25) is 15.1 Å². The lowest BCUT2D eigenvalue weighted by atomic mass is 9.94. The molecule has 0 radical (unpaired) electrons. The summed E-state index contributed by atoms with van der Waals surface area (Å²) in [6, 6.07) is 17.2. The molecule has 4 aromatic rings. The second kappa shape index (κ2) is 11.6. The zero-order valence-corrected chi connectivity index (χ0v) is 23.3. The Morgan fingerprint density at radius 1 is 1.03 bits per heavy atom. The van der Waals surface area contributed by atoms with E-state index >= 15 is 0 Å².